The molecule has 0 radical (unpaired) electrons. The monoisotopic (exact) mass is 225 g/mol. The van der Waals surface area contributed by atoms with Crippen LogP contribution < -0.4 is 5.73 Å². The smallest absolute Gasteiger partial charge is 0.323 e. The highest BCUT2D eigenvalue weighted by Gasteiger charge is 2.23. The van der Waals surface area contributed by atoms with Crippen molar-refractivity contribution in [3.63, 3.8) is 0 Å². The summed E-state index contributed by atoms with van der Waals surface area (Å²) < 4.78 is 4.94. The highest BCUT2D eigenvalue weighted by atomic mass is 16.5. The number of aliphatic carboxylic acids is 1. The summed E-state index contributed by atoms with van der Waals surface area (Å²) in [6, 6.07) is 5.54. The van der Waals surface area contributed by atoms with Gasteiger partial charge in [-0.1, -0.05) is 24.3 Å². The molecule has 16 heavy (non-hydrogen) atoms. The first-order valence-electron chi connectivity index (χ1n) is 4.80. The van der Waals surface area contributed by atoms with E-state index in [1.807, 2.05) is 6.07 Å². The molecule has 0 saturated carbocycles. The lowest BCUT2D eigenvalue weighted by molar-refractivity contribution is -0.141. The molecule has 0 heterocycles. The number of methoxy groups -OCH3 is 1. The van der Waals surface area contributed by atoms with Crippen LogP contribution in [0.2, 0.25) is 0 Å². The Morgan fingerprint density at radius 1 is 1.56 bits per heavy atom. The number of carbonyl (C=O) groups is 1. The van der Waals surface area contributed by atoms with Gasteiger partial charge in [0.1, 0.15) is 12.1 Å². The Labute approximate surface area is 93.5 Å². The van der Waals surface area contributed by atoms with Crippen molar-refractivity contribution in [1.82, 2.24) is 0 Å². The molecule has 88 valence electrons. The van der Waals surface area contributed by atoms with E-state index in [0.29, 0.717) is 12.2 Å². The number of aliphatic hydroxyl groups is 1. The number of rotatable bonds is 5. The second kappa shape index (κ2) is 5.60. The van der Waals surface area contributed by atoms with Crippen molar-refractivity contribution in [1.29, 1.82) is 0 Å². The number of hydrogen-bond donors (Lipinski definition) is 3. The van der Waals surface area contributed by atoms with Crippen LogP contribution in [0, 0.1) is 0 Å². The van der Waals surface area contributed by atoms with Gasteiger partial charge in [0.2, 0.25) is 0 Å². The van der Waals surface area contributed by atoms with E-state index in [1.165, 1.54) is 0 Å². The highest BCUT2D eigenvalue weighted by Crippen LogP contribution is 2.17. The lowest BCUT2D eigenvalue weighted by atomic mass is 10.0. The van der Waals surface area contributed by atoms with Crippen LogP contribution >= 0.6 is 0 Å². The van der Waals surface area contributed by atoms with Crippen LogP contribution in [0.3, 0.4) is 0 Å². The molecule has 0 bridgehead atoms. The lowest BCUT2D eigenvalue weighted by Gasteiger charge is -2.15. The molecular weight excluding hydrogens is 210 g/mol. The molecule has 0 amide bonds. The average molecular weight is 225 g/mol. The van der Waals surface area contributed by atoms with Crippen molar-refractivity contribution in [2.45, 2.75) is 18.8 Å². The first-order valence-corrected chi connectivity index (χ1v) is 4.80. The maximum Gasteiger partial charge on any atom is 0.323 e. The Balaban J connectivity index is 2.86. The number of nitrogens with two attached hydrogens (primary N) is 1. The van der Waals surface area contributed by atoms with Crippen molar-refractivity contribution in [2.75, 3.05) is 7.11 Å². The first-order chi connectivity index (χ1) is 7.56. The minimum Gasteiger partial charge on any atom is -0.480 e. The Morgan fingerprint density at radius 2 is 2.25 bits per heavy atom. The number of benzene rings is 1. The number of carboxylic acids is 1. The van der Waals surface area contributed by atoms with E-state index in [2.05, 4.69) is 0 Å². The topological polar surface area (TPSA) is 92.8 Å². The summed E-state index contributed by atoms with van der Waals surface area (Å²) in [5, 5.41) is 18.4. The lowest BCUT2D eigenvalue weighted by Crippen LogP contribution is -2.36. The van der Waals surface area contributed by atoms with Crippen LogP contribution in [0.1, 0.15) is 17.2 Å². The van der Waals surface area contributed by atoms with E-state index >= 15 is 0 Å². The zero-order valence-electron chi connectivity index (χ0n) is 8.96. The third-order valence-electron chi connectivity index (χ3n) is 2.23. The van der Waals surface area contributed by atoms with Gasteiger partial charge in [-0.15, -0.1) is 0 Å². The standard InChI is InChI=1S/C11H15NO4/c1-16-6-7-3-2-4-8(5-7)10(13)9(12)11(14)15/h2-5,9-10,13H,6,12H2,1H3,(H,14,15). The van der Waals surface area contributed by atoms with Gasteiger partial charge >= 0.3 is 5.97 Å². The third-order valence-corrected chi connectivity index (χ3v) is 2.23. The van der Waals surface area contributed by atoms with Crippen molar-refractivity contribution < 1.29 is 19.7 Å². The van der Waals surface area contributed by atoms with E-state index in [0.717, 1.165) is 5.56 Å². The van der Waals surface area contributed by atoms with Crippen LogP contribution in [-0.4, -0.2) is 29.3 Å². The minimum atomic E-state index is -1.32. The molecule has 0 fully saturated rings. The molecule has 0 saturated heterocycles. The summed E-state index contributed by atoms with van der Waals surface area (Å²) in [7, 11) is 1.56. The van der Waals surface area contributed by atoms with Gasteiger partial charge < -0.3 is 20.7 Å². The maximum atomic E-state index is 10.6. The van der Waals surface area contributed by atoms with Gasteiger partial charge in [-0.3, -0.25) is 4.79 Å². The Kier molecular flexibility index (Phi) is 4.42. The fourth-order valence-electron chi connectivity index (χ4n) is 1.38. The zero-order chi connectivity index (χ0) is 12.1. The molecule has 0 aliphatic rings. The van der Waals surface area contributed by atoms with Crippen LogP contribution in [0.5, 0.6) is 0 Å². The second-order valence-corrected chi connectivity index (χ2v) is 3.49. The molecule has 2 unspecified atom stereocenters. The summed E-state index contributed by atoms with van der Waals surface area (Å²) in [4.78, 5) is 10.6. The highest BCUT2D eigenvalue weighted by molar-refractivity contribution is 5.74. The summed E-state index contributed by atoms with van der Waals surface area (Å²) in [6.07, 6.45) is -1.21. The first kappa shape index (κ1) is 12.6. The molecule has 0 spiro atoms. The fourth-order valence-corrected chi connectivity index (χ4v) is 1.38. The Morgan fingerprint density at radius 3 is 2.81 bits per heavy atom. The van der Waals surface area contributed by atoms with Gasteiger partial charge in [0, 0.05) is 7.11 Å². The van der Waals surface area contributed by atoms with Crippen molar-refractivity contribution >= 4 is 5.97 Å². The van der Waals surface area contributed by atoms with E-state index in [1.54, 1.807) is 25.3 Å². The van der Waals surface area contributed by atoms with Gasteiger partial charge in [0.15, 0.2) is 0 Å². The quantitative estimate of drug-likeness (QED) is 0.669. The number of ether oxygens (including phenoxy) is 1. The minimum absolute atomic E-state index is 0.406. The van der Waals surface area contributed by atoms with Crippen LogP contribution in [0.4, 0.5) is 0 Å². The van der Waals surface area contributed by atoms with E-state index in [-0.39, 0.29) is 0 Å². The van der Waals surface area contributed by atoms with Gasteiger partial charge in [0.05, 0.1) is 6.61 Å². The van der Waals surface area contributed by atoms with Crippen molar-refractivity contribution in [2.24, 2.45) is 5.73 Å². The van der Waals surface area contributed by atoms with E-state index < -0.39 is 18.1 Å². The molecule has 1 aromatic rings. The van der Waals surface area contributed by atoms with Crippen LogP contribution in [0.15, 0.2) is 24.3 Å². The SMILES string of the molecule is COCc1cccc(C(O)C(N)C(=O)O)c1. The van der Waals surface area contributed by atoms with Gasteiger partial charge in [-0.25, -0.2) is 0 Å². The Hall–Kier alpha value is -1.43. The van der Waals surface area contributed by atoms with Gasteiger partial charge in [-0.2, -0.15) is 0 Å². The summed E-state index contributed by atoms with van der Waals surface area (Å²) in [5.41, 5.74) is 6.67. The zero-order valence-corrected chi connectivity index (χ0v) is 8.96. The Bertz CT molecular complexity index is 367. The molecule has 1 rings (SSSR count). The number of hydrogen-bond acceptors (Lipinski definition) is 4. The van der Waals surface area contributed by atoms with Crippen LogP contribution in [-0.2, 0) is 16.1 Å². The maximum absolute atomic E-state index is 10.6. The predicted octanol–water partition coefficient (Wildman–Crippen LogP) is 0.278. The molecule has 1 aromatic carbocycles. The van der Waals surface area contributed by atoms with Crippen molar-refractivity contribution in [3.05, 3.63) is 35.4 Å². The summed E-state index contributed by atoms with van der Waals surface area (Å²) >= 11 is 0. The predicted molar refractivity (Wildman–Crippen MR) is 57.7 cm³/mol. The third kappa shape index (κ3) is 3.03. The molecule has 4 N–H and O–H groups in total. The summed E-state index contributed by atoms with van der Waals surface area (Å²) in [5.74, 6) is -1.23. The molecule has 0 aliphatic heterocycles. The summed E-state index contributed by atoms with van der Waals surface area (Å²) in [6.45, 7) is 0.406. The molecule has 5 nitrogen and oxygen atoms in total. The van der Waals surface area contributed by atoms with E-state index in [9.17, 15) is 9.90 Å². The molecule has 0 aromatic heterocycles. The van der Waals surface area contributed by atoms with Gasteiger partial charge in [0.25, 0.3) is 0 Å². The molecule has 2 atom stereocenters. The number of carboxylic acid groups (broad SMARTS) is 1. The molecule has 0 aliphatic carbocycles. The number of aliphatic hydroxyl groups excluding tert-OH is 1. The van der Waals surface area contributed by atoms with Gasteiger partial charge in [-0.05, 0) is 11.1 Å². The largest absolute Gasteiger partial charge is 0.480 e. The second-order valence-electron chi connectivity index (χ2n) is 3.49. The van der Waals surface area contributed by atoms with Crippen molar-refractivity contribution in [3.8, 4) is 0 Å². The molecule has 5 heteroatoms. The normalized spacial score (nSPS) is 14.4. The fraction of sp³-hybridized carbons (Fsp3) is 0.364. The molecular formula is C11H15NO4. The van der Waals surface area contributed by atoms with Crippen LogP contribution in [0.25, 0.3) is 0 Å². The van der Waals surface area contributed by atoms with E-state index in [4.69, 9.17) is 15.6 Å². The average Bonchev–Trinajstić information content (AvgIpc) is 2.28.